The van der Waals surface area contributed by atoms with E-state index in [1.165, 1.54) is 0 Å². The summed E-state index contributed by atoms with van der Waals surface area (Å²) in [5, 5.41) is 27.0. The Balaban J connectivity index is 3.00. The van der Waals surface area contributed by atoms with E-state index in [2.05, 4.69) is 16.0 Å². The molecule has 0 aliphatic rings. The van der Waals surface area contributed by atoms with Gasteiger partial charge in [-0.2, -0.15) is 0 Å². The second kappa shape index (κ2) is 15.9. The Kier molecular flexibility index (Phi) is 13.4. The fourth-order valence-corrected chi connectivity index (χ4v) is 3.24. The molecule has 0 bridgehead atoms. The van der Waals surface area contributed by atoms with Gasteiger partial charge in [0.25, 0.3) is 0 Å². The van der Waals surface area contributed by atoms with Crippen molar-refractivity contribution in [3.8, 4) is 0 Å². The van der Waals surface area contributed by atoms with Crippen molar-refractivity contribution in [2.24, 2.45) is 17.4 Å². The van der Waals surface area contributed by atoms with Crippen LogP contribution in [0.3, 0.4) is 0 Å². The minimum absolute atomic E-state index is 0.0523. The number of benzene rings is 1. The highest BCUT2D eigenvalue weighted by Crippen LogP contribution is 2.08. The van der Waals surface area contributed by atoms with Crippen LogP contribution in [-0.4, -0.2) is 83.0 Å². The molecule has 0 saturated carbocycles. The summed E-state index contributed by atoms with van der Waals surface area (Å²) in [5.74, 6) is -5.83. The zero-order valence-corrected chi connectivity index (χ0v) is 21.3. The lowest BCUT2D eigenvalue weighted by Gasteiger charge is -2.25. The van der Waals surface area contributed by atoms with Crippen molar-refractivity contribution in [1.82, 2.24) is 21.3 Å². The number of aliphatic hydroxyl groups is 1. The van der Waals surface area contributed by atoms with E-state index < -0.39 is 79.2 Å². The fourth-order valence-electron chi connectivity index (χ4n) is 3.24. The SMILES string of the molecule is CC[C@H](C)[C@H](N)C(=O)N[C@@H](Cc1ccccc1)C(=O)N[C@@H](CC(N)=O)C(=O)NCC(=O)N[C@@H](CO)C(=O)O. The van der Waals surface area contributed by atoms with Gasteiger partial charge >= 0.3 is 5.97 Å². The van der Waals surface area contributed by atoms with Crippen LogP contribution >= 0.6 is 0 Å². The van der Waals surface area contributed by atoms with Gasteiger partial charge in [0.15, 0.2) is 0 Å². The Morgan fingerprint density at radius 2 is 1.50 bits per heavy atom. The second-order valence-corrected chi connectivity index (χ2v) is 8.75. The first-order chi connectivity index (χ1) is 17.9. The molecular formula is C24H36N6O8. The molecule has 0 aromatic heterocycles. The first-order valence-electron chi connectivity index (χ1n) is 12.0. The smallest absolute Gasteiger partial charge is 0.328 e. The summed E-state index contributed by atoms with van der Waals surface area (Å²) in [6.07, 6.45) is 0.0622. The predicted molar refractivity (Wildman–Crippen MR) is 135 cm³/mol. The van der Waals surface area contributed by atoms with Crippen LogP contribution in [0.1, 0.15) is 32.3 Å². The van der Waals surface area contributed by atoms with Gasteiger partial charge in [0.2, 0.25) is 29.5 Å². The lowest BCUT2D eigenvalue weighted by Crippen LogP contribution is -2.58. The zero-order valence-electron chi connectivity index (χ0n) is 21.3. The van der Waals surface area contributed by atoms with Gasteiger partial charge in [-0.05, 0) is 11.5 Å². The lowest BCUT2D eigenvalue weighted by atomic mass is 9.98. The van der Waals surface area contributed by atoms with Crippen molar-refractivity contribution in [1.29, 1.82) is 0 Å². The van der Waals surface area contributed by atoms with E-state index in [4.69, 9.17) is 21.7 Å². The Morgan fingerprint density at radius 1 is 0.895 bits per heavy atom. The fraction of sp³-hybridized carbons (Fsp3) is 0.500. The van der Waals surface area contributed by atoms with Crippen LogP contribution in [0.4, 0.5) is 0 Å². The maximum absolute atomic E-state index is 13.2. The maximum atomic E-state index is 13.2. The number of carbonyl (C=O) groups excluding carboxylic acids is 5. The van der Waals surface area contributed by atoms with Crippen molar-refractivity contribution in [3.05, 3.63) is 35.9 Å². The van der Waals surface area contributed by atoms with E-state index in [-0.39, 0.29) is 12.3 Å². The Bertz CT molecular complexity index is 989. The minimum Gasteiger partial charge on any atom is -0.480 e. The Hall–Kier alpha value is -4.04. The van der Waals surface area contributed by atoms with Gasteiger partial charge in [0.1, 0.15) is 18.1 Å². The molecule has 0 heterocycles. The number of carboxylic acids is 1. The van der Waals surface area contributed by atoms with Gasteiger partial charge in [-0.3, -0.25) is 24.0 Å². The van der Waals surface area contributed by atoms with Gasteiger partial charge in [-0.1, -0.05) is 50.6 Å². The van der Waals surface area contributed by atoms with Gasteiger partial charge < -0.3 is 42.9 Å². The highest BCUT2D eigenvalue weighted by Gasteiger charge is 2.30. The average Bonchev–Trinajstić information content (AvgIpc) is 2.88. The van der Waals surface area contributed by atoms with Crippen LogP contribution in [0.15, 0.2) is 30.3 Å². The molecule has 10 N–H and O–H groups in total. The molecule has 0 radical (unpaired) electrons. The van der Waals surface area contributed by atoms with Gasteiger partial charge in [0, 0.05) is 6.42 Å². The lowest BCUT2D eigenvalue weighted by molar-refractivity contribution is -0.143. The summed E-state index contributed by atoms with van der Waals surface area (Å²) in [6.45, 7) is 2.08. The standard InChI is InChI=1S/C24H36N6O8/c1-3-13(2)20(26)23(36)30-15(9-14-7-5-4-6-8-14)22(35)29-16(10-18(25)32)21(34)27-11-19(33)28-17(12-31)24(37)38/h4-8,13,15-17,20,31H,3,9-12,26H2,1-2H3,(H2,25,32)(H,27,34)(H,28,33)(H,29,35)(H,30,36)(H,37,38)/t13-,15-,16-,17-,20-/m0/s1. The number of rotatable bonds is 16. The summed E-state index contributed by atoms with van der Waals surface area (Å²) in [7, 11) is 0. The van der Waals surface area contributed by atoms with Crippen molar-refractivity contribution in [2.75, 3.05) is 13.2 Å². The highest BCUT2D eigenvalue weighted by molar-refractivity contribution is 5.96. The molecule has 5 atom stereocenters. The van der Waals surface area contributed by atoms with E-state index in [1.54, 1.807) is 37.3 Å². The van der Waals surface area contributed by atoms with Crippen LogP contribution in [0.2, 0.25) is 0 Å². The third-order valence-electron chi connectivity index (χ3n) is 5.75. The van der Waals surface area contributed by atoms with E-state index in [9.17, 15) is 28.8 Å². The number of primary amides is 1. The van der Waals surface area contributed by atoms with Crippen LogP contribution in [0, 0.1) is 5.92 Å². The number of amides is 5. The quantitative estimate of drug-likeness (QED) is 0.108. The summed E-state index contributed by atoms with van der Waals surface area (Å²) < 4.78 is 0. The average molecular weight is 537 g/mol. The Morgan fingerprint density at radius 3 is 2.03 bits per heavy atom. The minimum atomic E-state index is -1.58. The van der Waals surface area contributed by atoms with Gasteiger partial charge in [0.05, 0.1) is 25.6 Å². The number of hydrogen-bond donors (Lipinski definition) is 8. The molecule has 14 heteroatoms. The van der Waals surface area contributed by atoms with Crippen LogP contribution in [0.5, 0.6) is 0 Å². The molecule has 1 aromatic rings. The normalized spacial score (nSPS) is 14.6. The molecule has 0 aliphatic heterocycles. The molecular weight excluding hydrogens is 500 g/mol. The van der Waals surface area contributed by atoms with Crippen molar-refractivity contribution < 1.29 is 39.0 Å². The number of aliphatic hydroxyl groups excluding tert-OH is 1. The van der Waals surface area contributed by atoms with Crippen molar-refractivity contribution in [2.45, 2.75) is 57.3 Å². The first kappa shape index (κ1) is 32.0. The highest BCUT2D eigenvalue weighted by atomic mass is 16.4. The summed E-state index contributed by atoms with van der Waals surface area (Å²) in [6, 6.07) is 3.63. The molecule has 1 aromatic carbocycles. The molecule has 14 nitrogen and oxygen atoms in total. The molecule has 0 spiro atoms. The van der Waals surface area contributed by atoms with E-state index in [1.807, 2.05) is 12.2 Å². The predicted octanol–water partition coefficient (Wildman–Crippen LogP) is -2.87. The summed E-state index contributed by atoms with van der Waals surface area (Å²) >= 11 is 0. The number of nitrogens with two attached hydrogens (primary N) is 2. The number of nitrogens with one attached hydrogen (secondary N) is 4. The molecule has 0 aliphatic carbocycles. The molecule has 1 rings (SSSR count). The maximum Gasteiger partial charge on any atom is 0.328 e. The van der Waals surface area contributed by atoms with Gasteiger partial charge in [-0.25, -0.2) is 4.79 Å². The van der Waals surface area contributed by atoms with E-state index in [0.29, 0.717) is 12.0 Å². The monoisotopic (exact) mass is 536 g/mol. The largest absolute Gasteiger partial charge is 0.480 e. The van der Waals surface area contributed by atoms with Gasteiger partial charge in [-0.15, -0.1) is 0 Å². The second-order valence-electron chi connectivity index (χ2n) is 8.75. The Labute approximate surface area is 219 Å². The zero-order chi connectivity index (χ0) is 28.8. The van der Waals surface area contributed by atoms with Crippen LogP contribution < -0.4 is 32.7 Å². The molecule has 0 fully saturated rings. The number of hydrogen-bond acceptors (Lipinski definition) is 8. The van der Waals surface area contributed by atoms with E-state index >= 15 is 0 Å². The third-order valence-corrected chi connectivity index (χ3v) is 5.75. The third kappa shape index (κ3) is 10.9. The topological polar surface area (TPSA) is 243 Å². The van der Waals surface area contributed by atoms with Crippen LogP contribution in [-0.2, 0) is 35.2 Å². The number of carboxylic acid groups (broad SMARTS) is 1. The molecule has 0 saturated heterocycles. The molecule has 0 unspecified atom stereocenters. The van der Waals surface area contributed by atoms with Crippen LogP contribution in [0.25, 0.3) is 0 Å². The molecule has 210 valence electrons. The van der Waals surface area contributed by atoms with E-state index in [0.717, 1.165) is 0 Å². The van der Waals surface area contributed by atoms with Crippen molar-refractivity contribution >= 4 is 35.5 Å². The van der Waals surface area contributed by atoms with Crippen molar-refractivity contribution in [3.63, 3.8) is 0 Å². The number of aliphatic carboxylic acids is 1. The summed E-state index contributed by atoms with van der Waals surface area (Å²) in [5.41, 5.74) is 11.9. The summed E-state index contributed by atoms with van der Waals surface area (Å²) in [4.78, 5) is 73.0. The molecule has 38 heavy (non-hydrogen) atoms. The number of carbonyl (C=O) groups is 6. The first-order valence-corrected chi connectivity index (χ1v) is 12.0. The molecule has 5 amide bonds.